The van der Waals surface area contributed by atoms with Crippen molar-refractivity contribution in [1.82, 2.24) is 10.0 Å². The molecule has 0 atom stereocenters. The highest BCUT2D eigenvalue weighted by Gasteiger charge is 2.31. The fraction of sp³-hybridized carbons (Fsp3) is 0.391. The minimum atomic E-state index is -0.538. The third kappa shape index (κ3) is 6.27. The van der Waals surface area contributed by atoms with Crippen LogP contribution in [-0.4, -0.2) is 47.7 Å². The van der Waals surface area contributed by atoms with E-state index in [0.717, 1.165) is 36.9 Å². The lowest BCUT2D eigenvalue weighted by atomic mass is 10.2. The van der Waals surface area contributed by atoms with Gasteiger partial charge in [0, 0.05) is 18.8 Å². The Labute approximate surface area is 187 Å². The van der Waals surface area contributed by atoms with Crippen molar-refractivity contribution in [2.75, 3.05) is 23.9 Å². The molecular weight excluding hydrogens is 412 g/mol. The molecule has 9 nitrogen and oxygen atoms in total. The molecule has 0 bridgehead atoms. The number of anilines is 2. The van der Waals surface area contributed by atoms with Gasteiger partial charge in [0.1, 0.15) is 5.82 Å². The molecule has 0 radical (unpaired) electrons. The van der Waals surface area contributed by atoms with E-state index in [0.29, 0.717) is 5.82 Å². The van der Waals surface area contributed by atoms with Gasteiger partial charge < -0.3 is 10.1 Å². The van der Waals surface area contributed by atoms with Crippen LogP contribution in [0.4, 0.5) is 16.3 Å². The molecule has 0 unspecified atom stereocenters. The SMILES string of the molecule is CON(C(=O)N(Cc1ccnc(NC(=O)COC(C)=O)c1)c1ccccc1)C1CCCC1. The number of para-hydroxylation sites is 1. The molecule has 1 fully saturated rings. The molecule has 3 amide bonds. The van der Waals surface area contributed by atoms with Gasteiger partial charge in [-0.1, -0.05) is 31.0 Å². The zero-order chi connectivity index (χ0) is 22.9. The maximum absolute atomic E-state index is 13.5. The van der Waals surface area contributed by atoms with Crippen LogP contribution in [0.5, 0.6) is 0 Å². The van der Waals surface area contributed by atoms with Gasteiger partial charge in [-0.25, -0.2) is 14.8 Å². The molecule has 1 aliphatic carbocycles. The van der Waals surface area contributed by atoms with Crippen LogP contribution >= 0.6 is 0 Å². The minimum absolute atomic E-state index is 0.0484. The van der Waals surface area contributed by atoms with Crippen molar-refractivity contribution in [1.29, 1.82) is 0 Å². The predicted octanol–water partition coefficient (Wildman–Crippen LogP) is 3.52. The number of nitrogens with zero attached hydrogens (tertiary/aromatic N) is 3. The Morgan fingerprint density at radius 3 is 2.50 bits per heavy atom. The maximum atomic E-state index is 13.5. The van der Waals surface area contributed by atoms with Crippen LogP contribution in [-0.2, 0) is 25.7 Å². The van der Waals surface area contributed by atoms with Crippen LogP contribution in [0.1, 0.15) is 38.2 Å². The first-order valence-corrected chi connectivity index (χ1v) is 10.6. The lowest BCUT2D eigenvalue weighted by Crippen LogP contribution is -2.46. The Morgan fingerprint density at radius 1 is 1.12 bits per heavy atom. The van der Waals surface area contributed by atoms with Gasteiger partial charge >= 0.3 is 12.0 Å². The first-order chi connectivity index (χ1) is 15.5. The number of amides is 3. The largest absolute Gasteiger partial charge is 0.456 e. The lowest BCUT2D eigenvalue weighted by molar-refractivity contribution is -0.144. The number of hydrogen-bond donors (Lipinski definition) is 1. The number of carbonyl (C=O) groups is 3. The van der Waals surface area contributed by atoms with E-state index in [2.05, 4.69) is 10.3 Å². The Balaban J connectivity index is 1.79. The monoisotopic (exact) mass is 440 g/mol. The number of urea groups is 1. The Hall–Kier alpha value is -3.46. The third-order valence-corrected chi connectivity index (χ3v) is 5.18. The predicted molar refractivity (Wildman–Crippen MR) is 119 cm³/mol. The summed E-state index contributed by atoms with van der Waals surface area (Å²) in [6.45, 7) is 1.10. The van der Waals surface area contributed by atoms with E-state index in [1.54, 1.807) is 23.2 Å². The number of hydroxylamine groups is 2. The van der Waals surface area contributed by atoms with E-state index in [1.807, 2.05) is 30.3 Å². The highest BCUT2D eigenvalue weighted by molar-refractivity contribution is 5.92. The lowest BCUT2D eigenvalue weighted by Gasteiger charge is -2.32. The molecule has 1 saturated carbocycles. The number of benzene rings is 1. The number of ether oxygens (including phenoxy) is 1. The van der Waals surface area contributed by atoms with Crippen molar-refractivity contribution in [3.05, 3.63) is 54.2 Å². The summed E-state index contributed by atoms with van der Waals surface area (Å²) in [6, 6.07) is 12.6. The second-order valence-corrected chi connectivity index (χ2v) is 7.53. The number of rotatable bonds is 8. The van der Waals surface area contributed by atoms with Gasteiger partial charge in [0.05, 0.1) is 19.7 Å². The first kappa shape index (κ1) is 23.2. The van der Waals surface area contributed by atoms with Gasteiger partial charge in [-0.3, -0.25) is 19.3 Å². The number of hydrogen-bond acceptors (Lipinski definition) is 6. The van der Waals surface area contributed by atoms with Crippen molar-refractivity contribution in [3.63, 3.8) is 0 Å². The fourth-order valence-corrected chi connectivity index (χ4v) is 3.69. The van der Waals surface area contributed by atoms with Gasteiger partial charge in [0.25, 0.3) is 5.91 Å². The molecule has 0 saturated heterocycles. The first-order valence-electron chi connectivity index (χ1n) is 10.6. The average Bonchev–Trinajstić information content (AvgIpc) is 3.32. The Morgan fingerprint density at radius 2 is 1.84 bits per heavy atom. The van der Waals surface area contributed by atoms with Gasteiger partial charge in [0.2, 0.25) is 0 Å². The molecule has 1 aromatic carbocycles. The van der Waals surface area contributed by atoms with Gasteiger partial charge in [-0.2, -0.15) is 0 Å². The summed E-state index contributed by atoms with van der Waals surface area (Å²) in [4.78, 5) is 47.6. The zero-order valence-corrected chi connectivity index (χ0v) is 18.3. The third-order valence-electron chi connectivity index (χ3n) is 5.18. The summed E-state index contributed by atoms with van der Waals surface area (Å²) in [5.41, 5.74) is 1.50. The van der Waals surface area contributed by atoms with E-state index in [9.17, 15) is 14.4 Å². The number of esters is 1. The molecule has 2 aromatic rings. The highest BCUT2D eigenvalue weighted by Crippen LogP contribution is 2.27. The van der Waals surface area contributed by atoms with Crippen molar-refractivity contribution in [3.8, 4) is 0 Å². The van der Waals surface area contributed by atoms with Crippen molar-refractivity contribution in [2.45, 2.75) is 45.2 Å². The van der Waals surface area contributed by atoms with E-state index < -0.39 is 11.9 Å². The maximum Gasteiger partial charge on any atom is 0.348 e. The van der Waals surface area contributed by atoms with E-state index >= 15 is 0 Å². The molecule has 0 aliphatic heterocycles. The number of pyridine rings is 1. The van der Waals surface area contributed by atoms with Crippen LogP contribution in [0.2, 0.25) is 0 Å². The van der Waals surface area contributed by atoms with E-state index in [-0.39, 0.29) is 25.2 Å². The van der Waals surface area contributed by atoms with Crippen LogP contribution in [0.25, 0.3) is 0 Å². The zero-order valence-electron chi connectivity index (χ0n) is 18.3. The smallest absolute Gasteiger partial charge is 0.348 e. The molecule has 1 aromatic heterocycles. The summed E-state index contributed by atoms with van der Waals surface area (Å²) in [7, 11) is 1.52. The Bertz CT molecular complexity index is 931. The summed E-state index contributed by atoms with van der Waals surface area (Å²) in [5, 5.41) is 4.05. The second-order valence-electron chi connectivity index (χ2n) is 7.53. The van der Waals surface area contributed by atoms with Crippen LogP contribution in [0.3, 0.4) is 0 Å². The molecule has 0 spiro atoms. The number of aromatic nitrogens is 1. The quantitative estimate of drug-likeness (QED) is 0.498. The summed E-state index contributed by atoms with van der Waals surface area (Å²) >= 11 is 0. The molecule has 1 N–H and O–H groups in total. The number of carbonyl (C=O) groups excluding carboxylic acids is 3. The van der Waals surface area contributed by atoms with Crippen LogP contribution < -0.4 is 10.2 Å². The molecular formula is C23H28N4O5. The van der Waals surface area contributed by atoms with Crippen LogP contribution in [0.15, 0.2) is 48.7 Å². The normalized spacial score (nSPS) is 13.4. The summed E-state index contributed by atoms with van der Waals surface area (Å²) < 4.78 is 4.70. The second kappa shape index (κ2) is 11.2. The summed E-state index contributed by atoms with van der Waals surface area (Å²) in [6.07, 6.45) is 5.52. The fourth-order valence-electron chi connectivity index (χ4n) is 3.69. The van der Waals surface area contributed by atoms with Gasteiger partial charge in [-0.15, -0.1) is 0 Å². The standard InChI is InChI=1S/C23H28N4O5/c1-17(28)32-16-22(29)25-21-14-18(12-13-24-21)15-26(19-8-4-3-5-9-19)23(30)27(31-2)20-10-6-7-11-20/h3-5,8-9,12-14,20H,6-7,10-11,15-16H2,1-2H3,(H,24,25,29). The molecule has 3 rings (SSSR count). The summed E-state index contributed by atoms with van der Waals surface area (Å²) in [5.74, 6) is -0.726. The van der Waals surface area contributed by atoms with Gasteiger partial charge in [-0.05, 0) is 42.7 Å². The van der Waals surface area contributed by atoms with Crippen molar-refractivity contribution in [2.24, 2.45) is 0 Å². The Kier molecular flexibility index (Phi) is 8.15. The molecule has 1 heterocycles. The average molecular weight is 441 g/mol. The van der Waals surface area contributed by atoms with Gasteiger partial charge in [0.15, 0.2) is 6.61 Å². The van der Waals surface area contributed by atoms with E-state index in [1.165, 1.54) is 19.1 Å². The van der Waals surface area contributed by atoms with Crippen molar-refractivity contribution < 1.29 is 24.0 Å². The number of nitrogens with one attached hydrogen (secondary N) is 1. The highest BCUT2D eigenvalue weighted by atomic mass is 16.7. The molecule has 170 valence electrons. The molecule has 32 heavy (non-hydrogen) atoms. The minimum Gasteiger partial charge on any atom is -0.456 e. The topological polar surface area (TPSA) is 101 Å². The van der Waals surface area contributed by atoms with Crippen LogP contribution in [0, 0.1) is 0 Å². The van der Waals surface area contributed by atoms with Crippen molar-refractivity contribution >= 4 is 29.4 Å². The molecule has 9 heteroatoms. The van der Waals surface area contributed by atoms with E-state index in [4.69, 9.17) is 9.57 Å². The molecule has 1 aliphatic rings.